The van der Waals surface area contributed by atoms with E-state index in [1.165, 1.54) is 0 Å². The van der Waals surface area contributed by atoms with Gasteiger partial charge >= 0.3 is 0 Å². The van der Waals surface area contributed by atoms with Gasteiger partial charge in [-0.3, -0.25) is 14.6 Å². The zero-order valence-corrected chi connectivity index (χ0v) is 18.9. The van der Waals surface area contributed by atoms with Gasteiger partial charge in [-0.25, -0.2) is 0 Å². The van der Waals surface area contributed by atoms with E-state index < -0.39 is 0 Å². The number of pyridine rings is 1. The number of anilines is 1. The molecule has 2 aliphatic heterocycles. The third-order valence-corrected chi connectivity index (χ3v) is 6.57. The highest BCUT2D eigenvalue weighted by Crippen LogP contribution is 2.32. The number of aryl methyl sites for hydroxylation is 2. The van der Waals surface area contributed by atoms with E-state index in [2.05, 4.69) is 15.1 Å². The summed E-state index contributed by atoms with van der Waals surface area (Å²) in [6, 6.07) is 9.79. The van der Waals surface area contributed by atoms with Gasteiger partial charge in [-0.15, -0.1) is 0 Å². The second-order valence-corrected chi connectivity index (χ2v) is 9.02. The van der Waals surface area contributed by atoms with Crippen molar-refractivity contribution < 1.29 is 14.1 Å². The van der Waals surface area contributed by atoms with Crippen LogP contribution < -0.4 is 4.90 Å². The maximum absolute atomic E-state index is 13.4. The van der Waals surface area contributed by atoms with Crippen molar-refractivity contribution in [2.45, 2.75) is 39.0 Å². The molecule has 0 bridgehead atoms. The third-order valence-electron chi connectivity index (χ3n) is 6.57. The summed E-state index contributed by atoms with van der Waals surface area (Å²) in [5, 5.41) is 4.10. The standard InChI is InChI=1S/C25H27N5O3/c1-16-7-8-17(2)21(11-16)30-15-20(12-22(30)31)25(32)29-10-4-6-19(14-29)24-27-23(28-33-24)18-5-3-9-26-13-18/h3,5,7-9,11,13,19-20H,4,6,10,12,14-15H2,1-2H3. The first kappa shape index (κ1) is 21.3. The number of hydrogen-bond acceptors (Lipinski definition) is 6. The summed E-state index contributed by atoms with van der Waals surface area (Å²) in [6.07, 6.45) is 5.40. The Hall–Kier alpha value is -3.55. The molecule has 1 aromatic carbocycles. The van der Waals surface area contributed by atoms with Gasteiger partial charge in [0.1, 0.15) is 0 Å². The van der Waals surface area contributed by atoms with E-state index >= 15 is 0 Å². The van der Waals surface area contributed by atoms with Gasteiger partial charge in [-0.2, -0.15) is 4.98 Å². The van der Waals surface area contributed by atoms with E-state index in [1.54, 1.807) is 17.3 Å². The Morgan fingerprint density at radius 3 is 2.88 bits per heavy atom. The van der Waals surface area contributed by atoms with Crippen LogP contribution in [0.5, 0.6) is 0 Å². The lowest BCUT2D eigenvalue weighted by molar-refractivity contribution is -0.137. The first-order chi connectivity index (χ1) is 16.0. The number of carbonyl (C=O) groups excluding carboxylic acids is 2. The van der Waals surface area contributed by atoms with Crippen LogP contribution in [0.2, 0.25) is 0 Å². The lowest BCUT2D eigenvalue weighted by Crippen LogP contribution is -2.43. The van der Waals surface area contributed by atoms with Gasteiger partial charge in [0, 0.05) is 49.7 Å². The summed E-state index contributed by atoms with van der Waals surface area (Å²) in [4.78, 5) is 38.4. The largest absolute Gasteiger partial charge is 0.342 e. The number of aromatic nitrogens is 3. The summed E-state index contributed by atoms with van der Waals surface area (Å²) in [5.74, 6) is 0.761. The summed E-state index contributed by atoms with van der Waals surface area (Å²) < 4.78 is 5.54. The van der Waals surface area contributed by atoms with E-state index in [9.17, 15) is 9.59 Å². The van der Waals surface area contributed by atoms with Crippen molar-refractivity contribution in [1.82, 2.24) is 20.0 Å². The zero-order chi connectivity index (χ0) is 22.9. The quantitative estimate of drug-likeness (QED) is 0.610. The second-order valence-electron chi connectivity index (χ2n) is 9.02. The molecule has 2 saturated heterocycles. The minimum atomic E-state index is -0.329. The molecular formula is C25H27N5O3. The average Bonchev–Trinajstić information content (AvgIpc) is 3.48. The summed E-state index contributed by atoms with van der Waals surface area (Å²) in [5.41, 5.74) is 3.84. The molecule has 2 fully saturated rings. The molecule has 3 aromatic rings. The smallest absolute Gasteiger partial charge is 0.231 e. The number of likely N-dealkylation sites (tertiary alicyclic amines) is 1. The van der Waals surface area contributed by atoms with Gasteiger partial charge in [0.2, 0.25) is 23.5 Å². The van der Waals surface area contributed by atoms with E-state index in [1.807, 2.05) is 49.1 Å². The van der Waals surface area contributed by atoms with Crippen LogP contribution in [-0.4, -0.2) is 51.5 Å². The normalized spacial score (nSPS) is 21.0. The molecule has 4 heterocycles. The number of nitrogens with zero attached hydrogens (tertiary/aromatic N) is 5. The number of carbonyl (C=O) groups is 2. The number of piperidine rings is 1. The van der Waals surface area contributed by atoms with Crippen LogP contribution in [0, 0.1) is 19.8 Å². The van der Waals surface area contributed by atoms with Crippen molar-refractivity contribution in [2.24, 2.45) is 5.92 Å². The highest BCUT2D eigenvalue weighted by molar-refractivity contribution is 6.00. The molecule has 0 radical (unpaired) electrons. The van der Waals surface area contributed by atoms with Crippen LogP contribution in [-0.2, 0) is 9.59 Å². The van der Waals surface area contributed by atoms with Gasteiger partial charge in [0.15, 0.2) is 0 Å². The Labute approximate surface area is 192 Å². The van der Waals surface area contributed by atoms with Crippen molar-refractivity contribution in [3.63, 3.8) is 0 Å². The predicted octanol–water partition coefficient (Wildman–Crippen LogP) is 3.51. The number of amides is 2. The zero-order valence-electron chi connectivity index (χ0n) is 18.9. The van der Waals surface area contributed by atoms with Crippen molar-refractivity contribution >= 4 is 17.5 Å². The lowest BCUT2D eigenvalue weighted by atomic mass is 9.96. The maximum atomic E-state index is 13.4. The highest BCUT2D eigenvalue weighted by Gasteiger charge is 2.39. The molecule has 2 amide bonds. The van der Waals surface area contributed by atoms with Gasteiger partial charge in [-0.1, -0.05) is 17.3 Å². The first-order valence-corrected chi connectivity index (χ1v) is 11.4. The highest BCUT2D eigenvalue weighted by atomic mass is 16.5. The van der Waals surface area contributed by atoms with Gasteiger partial charge < -0.3 is 14.3 Å². The van der Waals surface area contributed by atoms with Crippen LogP contribution >= 0.6 is 0 Å². The first-order valence-electron chi connectivity index (χ1n) is 11.4. The Balaban J connectivity index is 1.27. The molecule has 2 unspecified atom stereocenters. The minimum Gasteiger partial charge on any atom is -0.342 e. The Bertz CT molecular complexity index is 1180. The van der Waals surface area contributed by atoms with Gasteiger partial charge in [0.25, 0.3) is 0 Å². The van der Waals surface area contributed by atoms with E-state index in [4.69, 9.17) is 4.52 Å². The number of hydrogen-bond donors (Lipinski definition) is 0. The van der Waals surface area contributed by atoms with Crippen molar-refractivity contribution in [3.05, 3.63) is 59.7 Å². The Kier molecular flexibility index (Phi) is 5.66. The molecule has 0 N–H and O–H groups in total. The molecule has 8 nitrogen and oxygen atoms in total. The molecule has 0 saturated carbocycles. The van der Waals surface area contributed by atoms with Crippen LogP contribution in [0.1, 0.15) is 42.2 Å². The summed E-state index contributed by atoms with van der Waals surface area (Å²) in [6.45, 7) is 5.65. The molecule has 0 spiro atoms. The van der Waals surface area contributed by atoms with Crippen molar-refractivity contribution in [2.75, 3.05) is 24.5 Å². The van der Waals surface area contributed by atoms with Crippen molar-refractivity contribution in [1.29, 1.82) is 0 Å². The fourth-order valence-electron chi connectivity index (χ4n) is 4.77. The molecule has 2 atom stereocenters. The number of benzene rings is 1. The van der Waals surface area contributed by atoms with Crippen LogP contribution in [0.3, 0.4) is 0 Å². The molecule has 170 valence electrons. The fourth-order valence-corrected chi connectivity index (χ4v) is 4.77. The third kappa shape index (κ3) is 4.25. The van der Waals surface area contributed by atoms with Gasteiger partial charge in [0.05, 0.1) is 11.8 Å². The van der Waals surface area contributed by atoms with E-state index in [0.29, 0.717) is 31.3 Å². The molecule has 8 heteroatoms. The molecule has 0 aliphatic carbocycles. The summed E-state index contributed by atoms with van der Waals surface area (Å²) in [7, 11) is 0. The molecule has 33 heavy (non-hydrogen) atoms. The SMILES string of the molecule is Cc1ccc(C)c(N2CC(C(=O)N3CCCC(c4nc(-c5cccnc5)no4)C3)CC2=O)c1. The summed E-state index contributed by atoms with van der Waals surface area (Å²) >= 11 is 0. The number of rotatable bonds is 4. The molecule has 5 rings (SSSR count). The minimum absolute atomic E-state index is 0.00662. The second kappa shape index (κ2) is 8.77. The lowest BCUT2D eigenvalue weighted by Gasteiger charge is -2.32. The Morgan fingerprint density at radius 2 is 2.06 bits per heavy atom. The van der Waals surface area contributed by atoms with E-state index in [0.717, 1.165) is 35.2 Å². The predicted molar refractivity (Wildman–Crippen MR) is 122 cm³/mol. The van der Waals surface area contributed by atoms with Crippen molar-refractivity contribution in [3.8, 4) is 11.4 Å². The van der Waals surface area contributed by atoms with Crippen LogP contribution in [0.25, 0.3) is 11.4 Å². The monoisotopic (exact) mass is 445 g/mol. The van der Waals surface area contributed by atoms with Gasteiger partial charge in [-0.05, 0) is 56.0 Å². The van der Waals surface area contributed by atoms with Crippen LogP contribution in [0.4, 0.5) is 5.69 Å². The fraction of sp³-hybridized carbons (Fsp3) is 0.400. The Morgan fingerprint density at radius 1 is 1.18 bits per heavy atom. The van der Waals surface area contributed by atoms with E-state index in [-0.39, 0.29) is 30.1 Å². The topological polar surface area (TPSA) is 92.4 Å². The average molecular weight is 446 g/mol. The molecule has 2 aliphatic rings. The molecular weight excluding hydrogens is 418 g/mol. The van der Waals surface area contributed by atoms with Crippen LogP contribution in [0.15, 0.2) is 47.2 Å². The molecule has 2 aromatic heterocycles. The maximum Gasteiger partial charge on any atom is 0.231 e.